The molecule has 3 rings (SSSR count). The summed E-state index contributed by atoms with van der Waals surface area (Å²) in [5, 5.41) is 0. The Bertz CT molecular complexity index is 1520. The van der Waals surface area contributed by atoms with Gasteiger partial charge in [0.1, 0.15) is 0 Å². The Balaban J connectivity index is 2.36. The third-order valence-corrected chi connectivity index (χ3v) is 13.8. The van der Waals surface area contributed by atoms with E-state index in [1.807, 2.05) is 0 Å². The Kier molecular flexibility index (Phi) is 27.9. The summed E-state index contributed by atoms with van der Waals surface area (Å²) in [7, 11) is 0. The first-order chi connectivity index (χ1) is 29.9. The average molecular weight is 835 g/mol. The maximum Gasteiger partial charge on any atom is 0.211 e. The number of hydrogen-bond acceptors (Lipinski definition) is 0. The highest BCUT2D eigenvalue weighted by Crippen LogP contribution is 2.46. The van der Waals surface area contributed by atoms with Crippen LogP contribution in [0, 0.1) is 0 Å². The van der Waals surface area contributed by atoms with Crippen molar-refractivity contribution in [1.82, 2.24) is 0 Å². The Morgan fingerprint density at radius 3 is 0.820 bits per heavy atom. The summed E-state index contributed by atoms with van der Waals surface area (Å²) >= 11 is 0. The van der Waals surface area contributed by atoms with E-state index in [0.717, 1.165) is 49.9 Å². The average Bonchev–Trinajstić information content (AvgIpc) is 3.54. The van der Waals surface area contributed by atoms with Gasteiger partial charge in [0.15, 0.2) is 0 Å². The lowest BCUT2D eigenvalue weighted by atomic mass is 9.85. The largest absolute Gasteiger partial charge is 0.493 e. The number of unbranched alkanes of at least 4 members (excludes halogenated alkanes) is 19. The molecule has 0 spiro atoms. The van der Waals surface area contributed by atoms with Crippen molar-refractivity contribution in [3.63, 3.8) is 0 Å². The number of aryl methyl sites for hydroxylation is 4. The highest BCUT2D eigenvalue weighted by molar-refractivity contribution is 5.83. The van der Waals surface area contributed by atoms with Crippen LogP contribution < -0.4 is 0 Å². The topological polar surface area (TPSA) is 25.3 Å². The van der Waals surface area contributed by atoms with E-state index in [1.54, 1.807) is 38.1 Å². The molecule has 61 heavy (non-hydrogen) atoms. The SMILES string of the molecule is CCCCCCC1=C(c2cc(CCCCCC)c(CCCC)c(CCCCCC)c2)[N+](=[N-])C(c2cc(CCCCCC)c(CCCC)c(CCCCCC)c2)=C1CCCCC. The first-order valence-electron chi connectivity index (χ1n) is 27.2. The first-order valence-corrected chi connectivity index (χ1v) is 27.2. The quantitative estimate of drug-likeness (QED) is 0.0479. The van der Waals surface area contributed by atoms with Crippen LogP contribution in [0.25, 0.3) is 16.9 Å². The molecule has 0 N–H and O–H groups in total. The zero-order valence-electron chi connectivity index (χ0n) is 42.0. The minimum atomic E-state index is 1.05. The predicted octanol–water partition coefficient (Wildman–Crippen LogP) is 19.6. The zero-order chi connectivity index (χ0) is 44.1. The van der Waals surface area contributed by atoms with Crippen LogP contribution in [-0.2, 0) is 38.5 Å². The summed E-state index contributed by atoms with van der Waals surface area (Å²) in [6.45, 7) is 18.7. The molecule has 0 aliphatic carbocycles. The molecule has 0 saturated heterocycles. The molecule has 2 aromatic carbocycles. The van der Waals surface area contributed by atoms with Crippen LogP contribution in [0.2, 0.25) is 0 Å². The van der Waals surface area contributed by atoms with Gasteiger partial charge >= 0.3 is 0 Å². The Morgan fingerprint density at radius 1 is 0.295 bits per heavy atom. The summed E-state index contributed by atoms with van der Waals surface area (Å²) in [6, 6.07) is 10.3. The maximum absolute atomic E-state index is 13.1. The number of benzene rings is 2. The van der Waals surface area contributed by atoms with Crippen LogP contribution in [0.3, 0.4) is 0 Å². The summed E-state index contributed by atoms with van der Waals surface area (Å²) in [5.41, 5.74) is 30.4. The molecule has 2 nitrogen and oxygen atoms in total. The molecular formula is C59H98N2. The Morgan fingerprint density at radius 2 is 0.541 bits per heavy atom. The van der Waals surface area contributed by atoms with Gasteiger partial charge in [-0.25, -0.2) is 4.70 Å². The lowest BCUT2D eigenvalue weighted by Gasteiger charge is -2.20. The van der Waals surface area contributed by atoms with Crippen LogP contribution in [-0.4, -0.2) is 4.70 Å². The number of rotatable bonds is 37. The lowest BCUT2D eigenvalue weighted by Crippen LogP contribution is -2.09. The van der Waals surface area contributed by atoms with Gasteiger partial charge in [-0.3, -0.25) is 0 Å². The lowest BCUT2D eigenvalue weighted by molar-refractivity contribution is -0.345. The van der Waals surface area contributed by atoms with E-state index in [0.29, 0.717) is 0 Å². The van der Waals surface area contributed by atoms with Gasteiger partial charge in [0, 0.05) is 22.3 Å². The predicted molar refractivity (Wildman–Crippen MR) is 272 cm³/mol. The van der Waals surface area contributed by atoms with Crippen molar-refractivity contribution in [1.29, 1.82) is 0 Å². The van der Waals surface area contributed by atoms with Gasteiger partial charge < -0.3 is 5.53 Å². The molecule has 344 valence electrons. The van der Waals surface area contributed by atoms with Crippen molar-refractivity contribution >= 4 is 11.4 Å². The molecule has 0 radical (unpaired) electrons. The van der Waals surface area contributed by atoms with Crippen molar-refractivity contribution < 1.29 is 4.70 Å². The molecule has 0 saturated carbocycles. The van der Waals surface area contributed by atoms with E-state index in [2.05, 4.69) is 79.7 Å². The number of nitrogens with zero attached hydrogens (tertiary/aromatic N) is 2. The minimum absolute atomic E-state index is 1.05. The van der Waals surface area contributed by atoms with E-state index >= 15 is 0 Å². The summed E-state index contributed by atoms with van der Waals surface area (Å²) in [4.78, 5) is 0. The van der Waals surface area contributed by atoms with E-state index in [4.69, 9.17) is 0 Å². The molecule has 1 aliphatic rings. The van der Waals surface area contributed by atoms with Crippen LogP contribution in [0.15, 0.2) is 35.4 Å². The second-order valence-corrected chi connectivity index (χ2v) is 19.2. The van der Waals surface area contributed by atoms with Gasteiger partial charge in [-0.2, -0.15) is 0 Å². The van der Waals surface area contributed by atoms with Gasteiger partial charge in [0.05, 0.1) is 0 Å². The summed E-state index contributed by atoms with van der Waals surface area (Å²) < 4.78 is 1.77. The molecule has 1 heterocycles. The van der Waals surface area contributed by atoms with Gasteiger partial charge in [-0.05, 0) is 160 Å². The fourth-order valence-corrected chi connectivity index (χ4v) is 10.1. The smallest absolute Gasteiger partial charge is 0.211 e. The van der Waals surface area contributed by atoms with Crippen LogP contribution in [0.1, 0.15) is 286 Å². The highest BCUT2D eigenvalue weighted by atomic mass is 15.2. The fourth-order valence-electron chi connectivity index (χ4n) is 10.1. The van der Waals surface area contributed by atoms with E-state index in [-0.39, 0.29) is 0 Å². The van der Waals surface area contributed by atoms with Crippen LogP contribution in [0.5, 0.6) is 0 Å². The van der Waals surface area contributed by atoms with E-state index < -0.39 is 0 Å². The number of hydrogen-bond donors (Lipinski definition) is 0. The van der Waals surface area contributed by atoms with Gasteiger partial charge in [0.2, 0.25) is 11.4 Å². The molecule has 0 fully saturated rings. The standard InChI is InChI=1S/C59H98N2/c1-9-17-25-31-36-48-44-52(45-49(37-32-26-18-10-2)54(48)40-23-15-7)58-56(42-30-22-14-6)57(43-35-29-21-13-5)59(61(58)60)53-46-50(38-33-27-19-11-3)55(41-24-16-8)51(47-53)39-34-28-20-12-4/h44-47H,9-43H2,1-8H3. The maximum atomic E-state index is 13.1. The Labute approximate surface area is 380 Å². The van der Waals surface area contributed by atoms with Crippen molar-refractivity contribution in [2.45, 2.75) is 280 Å². The first kappa shape index (κ1) is 52.9. The molecular weight excluding hydrogens is 737 g/mol. The summed E-state index contributed by atoms with van der Waals surface area (Å²) in [5.74, 6) is 0. The molecule has 0 bridgehead atoms. The van der Waals surface area contributed by atoms with Crippen LogP contribution >= 0.6 is 0 Å². The van der Waals surface area contributed by atoms with Gasteiger partial charge in [0.25, 0.3) is 0 Å². The number of allylic oxidation sites excluding steroid dienone is 2. The second kappa shape index (κ2) is 32.2. The highest BCUT2D eigenvalue weighted by Gasteiger charge is 2.36. The van der Waals surface area contributed by atoms with E-state index in [1.165, 1.54) is 208 Å². The van der Waals surface area contributed by atoms with Crippen LogP contribution in [0.4, 0.5) is 0 Å². The van der Waals surface area contributed by atoms with Crippen molar-refractivity contribution in [2.75, 3.05) is 0 Å². The third kappa shape index (κ3) is 17.5. The molecule has 0 aromatic heterocycles. The molecule has 2 aromatic rings. The monoisotopic (exact) mass is 835 g/mol. The van der Waals surface area contributed by atoms with Crippen molar-refractivity contribution in [2.24, 2.45) is 0 Å². The van der Waals surface area contributed by atoms with Crippen molar-refractivity contribution in [3.05, 3.63) is 85.5 Å². The third-order valence-electron chi connectivity index (χ3n) is 13.8. The molecule has 1 aliphatic heterocycles. The second-order valence-electron chi connectivity index (χ2n) is 19.2. The molecule has 0 amide bonds. The molecule has 0 unspecified atom stereocenters. The zero-order valence-corrected chi connectivity index (χ0v) is 42.0. The van der Waals surface area contributed by atoms with Gasteiger partial charge in [-0.1, -0.05) is 177 Å². The van der Waals surface area contributed by atoms with E-state index in [9.17, 15) is 5.53 Å². The van der Waals surface area contributed by atoms with Crippen molar-refractivity contribution in [3.8, 4) is 0 Å². The molecule has 0 atom stereocenters. The minimum Gasteiger partial charge on any atom is -0.493 e. The van der Waals surface area contributed by atoms with Gasteiger partial charge in [-0.15, -0.1) is 0 Å². The Hall–Kier alpha value is -2.48. The normalized spacial score (nSPS) is 13.1. The molecule has 2 heteroatoms. The summed E-state index contributed by atoms with van der Waals surface area (Å²) in [6.07, 6.45) is 43.3. The fraction of sp³-hybridized carbons (Fsp3) is 0.729.